The van der Waals surface area contributed by atoms with E-state index >= 15 is 0 Å². The van der Waals surface area contributed by atoms with Crippen LogP contribution >= 0.6 is 0 Å². The van der Waals surface area contributed by atoms with Crippen LogP contribution in [0.25, 0.3) is 22.5 Å². The highest BCUT2D eigenvalue weighted by molar-refractivity contribution is 6.01. The number of hydrogen-bond acceptors (Lipinski definition) is 8. The molecule has 0 fully saturated rings. The zero-order valence-corrected chi connectivity index (χ0v) is 27.4. The third kappa shape index (κ3) is 8.45. The van der Waals surface area contributed by atoms with E-state index < -0.39 is 0 Å². The first-order valence-corrected chi connectivity index (χ1v) is 16.1. The molecule has 1 aliphatic heterocycles. The Bertz CT molecular complexity index is 1680. The normalized spacial score (nSPS) is 12.8. The van der Waals surface area contributed by atoms with Crippen molar-refractivity contribution in [2.24, 2.45) is 0 Å². The van der Waals surface area contributed by atoms with Gasteiger partial charge >= 0.3 is 0 Å². The number of ketones is 2. The van der Waals surface area contributed by atoms with Crippen LogP contribution in [-0.2, 0) is 43.4 Å². The molecule has 1 N–H and O–H groups in total. The number of fused-ring (bicyclic) bond motifs is 5. The van der Waals surface area contributed by atoms with Crippen molar-refractivity contribution < 1.29 is 23.9 Å². The van der Waals surface area contributed by atoms with E-state index in [2.05, 4.69) is 39.9 Å². The maximum atomic E-state index is 13.8. The SMILES string of the molecule is CN[C@@H](Cc1ccc(Cn2nnc3c2-c2ccccc2CN(C(=O)CCC(=O)CCCOCCOC)c2ccccc2-3)cc1)C(C)=O. The maximum Gasteiger partial charge on any atom is 0.227 e. The number of likely N-dealkylation sites (N-methyl/N-ethyl adjacent to an activating group) is 1. The van der Waals surface area contributed by atoms with E-state index in [0.717, 1.165) is 39.2 Å². The average molecular weight is 638 g/mol. The van der Waals surface area contributed by atoms with Crippen LogP contribution in [0.5, 0.6) is 0 Å². The standard InChI is InChI=1S/C37H43N5O5/c1-26(43)33(38-2)23-27-14-16-28(17-15-27)24-42-37-31-11-5-4-9-29(31)25-41(34-13-7-6-12-32(34)36(37)39-40-42)35(45)19-18-30(44)10-8-20-47-22-21-46-3/h4-7,9,11-17,33,38H,8,10,18-25H2,1-3H3/t33-/m0/s1. The van der Waals surface area contributed by atoms with Crippen molar-refractivity contribution in [2.75, 3.05) is 38.9 Å². The van der Waals surface area contributed by atoms with Gasteiger partial charge in [-0.25, -0.2) is 4.68 Å². The monoisotopic (exact) mass is 637 g/mol. The molecule has 0 radical (unpaired) electrons. The number of anilines is 1. The summed E-state index contributed by atoms with van der Waals surface area (Å²) in [4.78, 5) is 40.1. The largest absolute Gasteiger partial charge is 0.382 e. The fourth-order valence-corrected chi connectivity index (χ4v) is 5.91. The number of carbonyl (C=O) groups excluding carboxylic acids is 3. The second kappa shape index (κ2) is 16.4. The Morgan fingerprint density at radius 2 is 1.60 bits per heavy atom. The second-order valence-electron chi connectivity index (χ2n) is 11.8. The minimum absolute atomic E-state index is 0.0494. The molecule has 0 bridgehead atoms. The number of ether oxygens (including phenoxy) is 2. The Hall–Kier alpha value is -4.51. The number of aromatic nitrogens is 3. The third-order valence-corrected chi connectivity index (χ3v) is 8.52. The summed E-state index contributed by atoms with van der Waals surface area (Å²) < 4.78 is 12.3. The number of benzene rings is 3. The molecule has 5 rings (SSSR count). The predicted molar refractivity (Wildman–Crippen MR) is 181 cm³/mol. The number of carbonyl (C=O) groups is 3. The Balaban J connectivity index is 1.37. The zero-order valence-electron chi connectivity index (χ0n) is 27.4. The fourth-order valence-electron chi connectivity index (χ4n) is 5.91. The highest BCUT2D eigenvalue weighted by atomic mass is 16.5. The van der Waals surface area contributed by atoms with Crippen molar-refractivity contribution in [3.63, 3.8) is 0 Å². The average Bonchev–Trinajstić information content (AvgIpc) is 3.49. The Morgan fingerprint density at radius 3 is 2.34 bits per heavy atom. The maximum absolute atomic E-state index is 13.8. The van der Waals surface area contributed by atoms with E-state index in [-0.39, 0.29) is 36.4 Å². The van der Waals surface area contributed by atoms with Crippen LogP contribution in [0.2, 0.25) is 0 Å². The Kier molecular flexibility index (Phi) is 11.8. The van der Waals surface area contributed by atoms with Gasteiger partial charge in [-0.1, -0.05) is 71.9 Å². The van der Waals surface area contributed by atoms with Crippen LogP contribution in [0, 0.1) is 0 Å². The second-order valence-corrected chi connectivity index (χ2v) is 11.8. The van der Waals surface area contributed by atoms with Gasteiger partial charge in [0.05, 0.1) is 43.7 Å². The zero-order chi connectivity index (χ0) is 33.2. The van der Waals surface area contributed by atoms with Crippen LogP contribution in [0.1, 0.15) is 49.3 Å². The van der Waals surface area contributed by atoms with Crippen molar-refractivity contribution in [3.8, 4) is 22.5 Å². The van der Waals surface area contributed by atoms with Crippen LogP contribution < -0.4 is 10.2 Å². The smallest absolute Gasteiger partial charge is 0.227 e. The summed E-state index contributed by atoms with van der Waals surface area (Å²) in [6.45, 7) is 3.98. The molecule has 0 saturated heterocycles. The highest BCUT2D eigenvalue weighted by Gasteiger charge is 2.29. The molecule has 2 heterocycles. The summed E-state index contributed by atoms with van der Waals surface area (Å²) in [5.41, 5.74) is 7.21. The summed E-state index contributed by atoms with van der Waals surface area (Å²) in [7, 11) is 3.42. The van der Waals surface area contributed by atoms with E-state index in [0.29, 0.717) is 57.9 Å². The van der Waals surface area contributed by atoms with Gasteiger partial charge in [-0.15, -0.1) is 5.10 Å². The van der Waals surface area contributed by atoms with Crippen LogP contribution in [0.4, 0.5) is 5.69 Å². The van der Waals surface area contributed by atoms with Gasteiger partial charge < -0.3 is 19.7 Å². The van der Waals surface area contributed by atoms with Gasteiger partial charge in [0.25, 0.3) is 0 Å². The van der Waals surface area contributed by atoms with Gasteiger partial charge in [0.1, 0.15) is 17.3 Å². The Labute approximate surface area is 276 Å². The number of Topliss-reactive ketones (excluding diaryl/α,β-unsaturated/α-hetero) is 2. The third-order valence-electron chi connectivity index (χ3n) is 8.52. The number of hydrogen-bond donors (Lipinski definition) is 1. The number of nitrogens with one attached hydrogen (secondary N) is 1. The fraction of sp³-hybridized carbons (Fsp3) is 0.378. The molecule has 246 valence electrons. The summed E-state index contributed by atoms with van der Waals surface area (Å²) >= 11 is 0. The van der Waals surface area contributed by atoms with Gasteiger partial charge in [-0.3, -0.25) is 14.4 Å². The molecule has 10 nitrogen and oxygen atoms in total. The van der Waals surface area contributed by atoms with E-state index in [1.807, 2.05) is 53.2 Å². The topological polar surface area (TPSA) is 116 Å². The van der Waals surface area contributed by atoms with Crippen molar-refractivity contribution >= 4 is 23.2 Å². The van der Waals surface area contributed by atoms with E-state index in [1.54, 1.807) is 26.0 Å². The van der Waals surface area contributed by atoms with Crippen LogP contribution in [0.15, 0.2) is 72.8 Å². The van der Waals surface area contributed by atoms with Crippen LogP contribution in [-0.4, -0.2) is 72.5 Å². The lowest BCUT2D eigenvalue weighted by Gasteiger charge is -2.28. The molecule has 0 saturated carbocycles. The van der Waals surface area contributed by atoms with Gasteiger partial charge in [0.2, 0.25) is 5.91 Å². The number of rotatable bonds is 16. The number of methoxy groups -OCH3 is 1. The lowest BCUT2D eigenvalue weighted by atomic mass is 9.95. The molecule has 1 amide bonds. The van der Waals surface area contributed by atoms with E-state index in [9.17, 15) is 14.4 Å². The van der Waals surface area contributed by atoms with E-state index in [1.165, 1.54) is 0 Å². The van der Waals surface area contributed by atoms with Gasteiger partial charge in [0.15, 0.2) is 0 Å². The lowest BCUT2D eigenvalue weighted by molar-refractivity contribution is -0.124. The van der Waals surface area contributed by atoms with Gasteiger partial charge in [-0.05, 0) is 49.6 Å². The molecule has 1 aliphatic rings. The molecule has 3 aromatic carbocycles. The van der Waals surface area contributed by atoms with Crippen LogP contribution in [0.3, 0.4) is 0 Å². The first-order valence-electron chi connectivity index (χ1n) is 16.1. The highest BCUT2D eigenvalue weighted by Crippen LogP contribution is 2.41. The summed E-state index contributed by atoms with van der Waals surface area (Å²) in [5, 5.41) is 12.4. The molecule has 0 unspecified atom stereocenters. The van der Waals surface area contributed by atoms with Crippen molar-refractivity contribution in [3.05, 3.63) is 89.5 Å². The van der Waals surface area contributed by atoms with Gasteiger partial charge in [-0.2, -0.15) is 0 Å². The van der Waals surface area contributed by atoms with Crippen molar-refractivity contribution in [2.45, 2.75) is 58.2 Å². The van der Waals surface area contributed by atoms with Crippen molar-refractivity contribution in [1.82, 2.24) is 20.3 Å². The minimum atomic E-state index is -0.212. The number of para-hydroxylation sites is 1. The quantitative estimate of drug-likeness (QED) is 0.170. The molecule has 10 heteroatoms. The molecule has 0 spiro atoms. The molecule has 1 atom stereocenters. The minimum Gasteiger partial charge on any atom is -0.382 e. The summed E-state index contributed by atoms with van der Waals surface area (Å²) in [6, 6.07) is 23.8. The molecule has 47 heavy (non-hydrogen) atoms. The van der Waals surface area contributed by atoms with Crippen molar-refractivity contribution in [1.29, 1.82) is 0 Å². The first kappa shape index (κ1) is 33.8. The Morgan fingerprint density at radius 1 is 0.872 bits per heavy atom. The number of nitrogens with zero attached hydrogens (tertiary/aromatic N) is 4. The summed E-state index contributed by atoms with van der Waals surface area (Å²) in [6.07, 6.45) is 1.93. The summed E-state index contributed by atoms with van der Waals surface area (Å²) in [5.74, 6) is 0.0487. The van der Waals surface area contributed by atoms with Gasteiger partial charge in [0, 0.05) is 44.1 Å². The molecular weight excluding hydrogens is 594 g/mol. The molecule has 0 aliphatic carbocycles. The number of amides is 1. The predicted octanol–water partition coefficient (Wildman–Crippen LogP) is 5.02. The van der Waals surface area contributed by atoms with E-state index in [4.69, 9.17) is 9.47 Å². The first-order chi connectivity index (χ1) is 22.9. The molecule has 4 aromatic rings. The molecular formula is C37H43N5O5. The lowest BCUT2D eigenvalue weighted by Crippen LogP contribution is -2.34. The molecule has 1 aromatic heterocycles.